The van der Waals surface area contributed by atoms with Crippen molar-refractivity contribution >= 4 is 23.7 Å². The van der Waals surface area contributed by atoms with Crippen LogP contribution in [0.25, 0.3) is 0 Å². The summed E-state index contributed by atoms with van der Waals surface area (Å²) in [6, 6.07) is 11.3. The van der Waals surface area contributed by atoms with E-state index in [0.717, 1.165) is 16.7 Å². The molecule has 0 spiro atoms. The summed E-state index contributed by atoms with van der Waals surface area (Å²) in [6.45, 7) is 4.03. The van der Waals surface area contributed by atoms with Crippen molar-refractivity contribution in [1.29, 1.82) is 0 Å². The van der Waals surface area contributed by atoms with Crippen molar-refractivity contribution in [2.24, 2.45) is 5.10 Å². The van der Waals surface area contributed by atoms with E-state index in [1.807, 2.05) is 32.0 Å². The molecule has 0 unspecified atom stereocenters. The Balaban J connectivity index is 1.94. The van der Waals surface area contributed by atoms with Gasteiger partial charge in [0.2, 0.25) is 5.91 Å². The maximum Gasteiger partial charge on any atom is 0.244 e. The average Bonchev–Trinajstić information content (AvgIpc) is 2.50. The summed E-state index contributed by atoms with van der Waals surface area (Å²) in [4.78, 5) is 11.9. The number of nitrogens with one attached hydrogen (secondary N) is 1. The van der Waals surface area contributed by atoms with E-state index in [-0.39, 0.29) is 5.91 Å². The van der Waals surface area contributed by atoms with Crippen molar-refractivity contribution in [1.82, 2.24) is 5.43 Å². The number of aryl methyl sites for hydroxylation is 2. The lowest BCUT2D eigenvalue weighted by molar-refractivity contribution is -0.120. The second-order valence-electron chi connectivity index (χ2n) is 5.29. The average molecular weight is 331 g/mol. The van der Waals surface area contributed by atoms with Gasteiger partial charge in [0.15, 0.2) is 0 Å². The summed E-state index contributed by atoms with van der Waals surface area (Å²) >= 11 is 6.03. The van der Waals surface area contributed by atoms with Crippen LogP contribution in [0.5, 0.6) is 5.75 Å². The molecule has 0 saturated heterocycles. The lowest BCUT2D eigenvalue weighted by atomic mass is 10.0. The Bertz CT molecular complexity index is 742. The van der Waals surface area contributed by atoms with Crippen LogP contribution < -0.4 is 10.2 Å². The fraction of sp³-hybridized carbons (Fsp3) is 0.222. The largest absolute Gasteiger partial charge is 0.495 e. The Morgan fingerprint density at radius 2 is 2.04 bits per heavy atom. The molecule has 4 nitrogen and oxygen atoms in total. The van der Waals surface area contributed by atoms with Crippen LogP contribution in [-0.2, 0) is 11.2 Å². The van der Waals surface area contributed by atoms with E-state index in [1.54, 1.807) is 25.5 Å². The van der Waals surface area contributed by atoms with Crippen LogP contribution >= 0.6 is 11.6 Å². The molecule has 0 heterocycles. The Morgan fingerprint density at radius 3 is 2.70 bits per heavy atom. The number of hydrogen-bond donors (Lipinski definition) is 1. The second-order valence-corrected chi connectivity index (χ2v) is 5.70. The number of hydrazone groups is 1. The molecular weight excluding hydrogens is 312 g/mol. The van der Waals surface area contributed by atoms with E-state index in [2.05, 4.69) is 16.6 Å². The summed E-state index contributed by atoms with van der Waals surface area (Å²) in [5.74, 6) is 0.440. The van der Waals surface area contributed by atoms with E-state index in [0.29, 0.717) is 17.2 Å². The number of carbonyl (C=O) groups excluding carboxylic acids is 1. The molecule has 0 bridgehead atoms. The highest BCUT2D eigenvalue weighted by Crippen LogP contribution is 2.24. The zero-order valence-electron chi connectivity index (χ0n) is 13.4. The number of nitrogens with zero attached hydrogens (tertiary/aromatic N) is 1. The van der Waals surface area contributed by atoms with Crippen LogP contribution in [-0.4, -0.2) is 19.2 Å². The number of rotatable bonds is 5. The van der Waals surface area contributed by atoms with Gasteiger partial charge in [0.25, 0.3) is 0 Å². The van der Waals surface area contributed by atoms with E-state index < -0.39 is 0 Å². The standard InChI is InChI=1S/C18H19ClN2O2/c1-12-4-6-15(13(2)8-12)10-18(22)21-20-11-14-5-7-17(23-3)16(19)9-14/h4-9,11H,10H2,1-3H3,(H,21,22)/b20-11+. The minimum absolute atomic E-state index is 0.159. The smallest absolute Gasteiger partial charge is 0.244 e. The van der Waals surface area contributed by atoms with Crippen molar-refractivity contribution in [3.63, 3.8) is 0 Å². The van der Waals surface area contributed by atoms with Gasteiger partial charge in [-0.15, -0.1) is 0 Å². The van der Waals surface area contributed by atoms with Crippen LogP contribution in [0.4, 0.5) is 0 Å². The number of methoxy groups -OCH3 is 1. The molecule has 0 aliphatic rings. The molecule has 2 aromatic rings. The first-order valence-electron chi connectivity index (χ1n) is 7.21. The van der Waals surface area contributed by atoms with E-state index in [1.165, 1.54) is 5.56 Å². The lowest BCUT2D eigenvalue weighted by Crippen LogP contribution is -2.20. The number of hydrogen-bond acceptors (Lipinski definition) is 3. The first kappa shape index (κ1) is 17.0. The predicted octanol–water partition coefficient (Wildman–Crippen LogP) is 3.66. The monoisotopic (exact) mass is 330 g/mol. The summed E-state index contributed by atoms with van der Waals surface area (Å²) in [5, 5.41) is 4.46. The van der Waals surface area contributed by atoms with Gasteiger partial charge in [-0.05, 0) is 48.7 Å². The summed E-state index contributed by atoms with van der Waals surface area (Å²) in [7, 11) is 1.56. The quantitative estimate of drug-likeness (QED) is 0.672. The molecule has 5 heteroatoms. The molecule has 1 amide bonds. The topological polar surface area (TPSA) is 50.7 Å². The zero-order valence-corrected chi connectivity index (χ0v) is 14.1. The van der Waals surface area contributed by atoms with Crippen molar-refractivity contribution in [3.05, 3.63) is 63.7 Å². The maximum atomic E-state index is 11.9. The molecule has 2 aromatic carbocycles. The summed E-state index contributed by atoms with van der Waals surface area (Å²) < 4.78 is 5.08. The van der Waals surface area contributed by atoms with Gasteiger partial charge in [-0.3, -0.25) is 4.79 Å². The molecule has 0 fully saturated rings. The van der Waals surface area contributed by atoms with Crippen LogP contribution in [0, 0.1) is 13.8 Å². The minimum atomic E-state index is -0.159. The van der Waals surface area contributed by atoms with Gasteiger partial charge in [0, 0.05) is 0 Å². The van der Waals surface area contributed by atoms with Crippen LogP contribution in [0.1, 0.15) is 22.3 Å². The Kier molecular flexibility index (Phi) is 5.77. The molecule has 1 N–H and O–H groups in total. The van der Waals surface area contributed by atoms with Gasteiger partial charge in [0.05, 0.1) is 24.8 Å². The predicted molar refractivity (Wildman–Crippen MR) is 93.4 cm³/mol. The molecule has 120 valence electrons. The Morgan fingerprint density at radius 1 is 1.26 bits per heavy atom. The molecule has 0 radical (unpaired) electrons. The van der Waals surface area contributed by atoms with E-state index >= 15 is 0 Å². The normalized spacial score (nSPS) is 10.8. The third kappa shape index (κ3) is 4.83. The molecule has 0 atom stereocenters. The number of halogens is 1. The van der Waals surface area contributed by atoms with Gasteiger partial charge in [0.1, 0.15) is 5.75 Å². The van der Waals surface area contributed by atoms with Crippen molar-refractivity contribution in [3.8, 4) is 5.75 Å². The van der Waals surface area contributed by atoms with Gasteiger partial charge in [-0.2, -0.15) is 5.10 Å². The molecule has 2 rings (SSSR count). The Labute approximate surface area is 141 Å². The van der Waals surface area contributed by atoms with Crippen molar-refractivity contribution < 1.29 is 9.53 Å². The van der Waals surface area contributed by atoms with Gasteiger partial charge in [-0.1, -0.05) is 35.4 Å². The molecule has 0 aliphatic carbocycles. The molecular formula is C18H19ClN2O2. The van der Waals surface area contributed by atoms with Crippen LogP contribution in [0.15, 0.2) is 41.5 Å². The minimum Gasteiger partial charge on any atom is -0.495 e. The molecule has 23 heavy (non-hydrogen) atoms. The zero-order chi connectivity index (χ0) is 16.8. The summed E-state index contributed by atoms with van der Waals surface area (Å²) in [5.41, 5.74) is 6.59. The van der Waals surface area contributed by atoms with E-state index in [4.69, 9.17) is 16.3 Å². The fourth-order valence-electron chi connectivity index (χ4n) is 2.20. The van der Waals surface area contributed by atoms with Crippen molar-refractivity contribution in [2.75, 3.05) is 7.11 Å². The SMILES string of the molecule is COc1ccc(/C=N/NC(=O)Cc2ccc(C)cc2C)cc1Cl. The van der Waals surface area contributed by atoms with Crippen LogP contribution in [0.2, 0.25) is 5.02 Å². The summed E-state index contributed by atoms with van der Waals surface area (Å²) in [6.07, 6.45) is 1.85. The second kappa shape index (κ2) is 7.79. The third-order valence-corrected chi connectivity index (χ3v) is 3.72. The first-order chi connectivity index (χ1) is 11.0. The highest BCUT2D eigenvalue weighted by molar-refractivity contribution is 6.32. The number of carbonyl (C=O) groups is 1. The number of amides is 1. The molecule has 0 aliphatic heterocycles. The molecule has 0 aromatic heterocycles. The first-order valence-corrected chi connectivity index (χ1v) is 7.59. The van der Waals surface area contributed by atoms with Gasteiger partial charge >= 0.3 is 0 Å². The fourth-order valence-corrected chi connectivity index (χ4v) is 2.46. The van der Waals surface area contributed by atoms with Crippen LogP contribution in [0.3, 0.4) is 0 Å². The molecule has 0 saturated carbocycles. The highest BCUT2D eigenvalue weighted by Gasteiger charge is 2.05. The maximum absolute atomic E-state index is 11.9. The lowest BCUT2D eigenvalue weighted by Gasteiger charge is -2.06. The number of ether oxygens (including phenoxy) is 1. The number of benzene rings is 2. The van der Waals surface area contributed by atoms with Gasteiger partial charge in [-0.25, -0.2) is 5.43 Å². The van der Waals surface area contributed by atoms with Crippen molar-refractivity contribution in [2.45, 2.75) is 20.3 Å². The third-order valence-electron chi connectivity index (χ3n) is 3.43. The van der Waals surface area contributed by atoms with Gasteiger partial charge < -0.3 is 4.74 Å². The van der Waals surface area contributed by atoms with E-state index in [9.17, 15) is 4.79 Å². The highest BCUT2D eigenvalue weighted by atomic mass is 35.5. The Hall–Kier alpha value is -2.33.